The second-order valence-corrected chi connectivity index (χ2v) is 13.8. The number of benzene rings is 1. The zero-order valence-electron chi connectivity index (χ0n) is 27.1. The summed E-state index contributed by atoms with van der Waals surface area (Å²) in [6, 6.07) is 11.7. The van der Waals surface area contributed by atoms with Crippen LogP contribution < -0.4 is 15.1 Å². The summed E-state index contributed by atoms with van der Waals surface area (Å²) < 4.78 is 29.8. The summed E-state index contributed by atoms with van der Waals surface area (Å²) in [6.45, 7) is 9.79. The number of pyridine rings is 1. The molecule has 3 unspecified atom stereocenters. The molecule has 2 saturated carbocycles. The van der Waals surface area contributed by atoms with E-state index in [2.05, 4.69) is 25.8 Å². The maximum Gasteiger partial charge on any atom is 0.345 e. The van der Waals surface area contributed by atoms with E-state index in [1.807, 2.05) is 6.92 Å². The number of methoxy groups -OCH3 is 1. The van der Waals surface area contributed by atoms with Crippen molar-refractivity contribution in [1.82, 2.24) is 4.98 Å². The Balaban J connectivity index is 1.48. The van der Waals surface area contributed by atoms with Gasteiger partial charge in [-0.25, -0.2) is 9.59 Å². The van der Waals surface area contributed by atoms with Crippen LogP contribution >= 0.6 is 0 Å². The first-order chi connectivity index (χ1) is 21.8. The van der Waals surface area contributed by atoms with Gasteiger partial charge in [-0.3, -0.25) is 9.78 Å². The third-order valence-electron chi connectivity index (χ3n) is 11.3. The third-order valence-corrected chi connectivity index (χ3v) is 11.3. The molecule has 1 N–H and O–H groups in total. The van der Waals surface area contributed by atoms with Gasteiger partial charge >= 0.3 is 17.6 Å². The lowest BCUT2D eigenvalue weighted by Crippen LogP contribution is -2.70. The normalized spacial score (nSPS) is 33.0. The monoisotopic (exact) mass is 631 g/mol. The summed E-state index contributed by atoms with van der Waals surface area (Å²) in [6.07, 6.45) is 3.01. The van der Waals surface area contributed by atoms with Crippen molar-refractivity contribution in [3.05, 3.63) is 76.4 Å². The van der Waals surface area contributed by atoms with Crippen LogP contribution in [0.3, 0.4) is 0 Å². The minimum Gasteiger partial charge on any atom is -0.497 e. The fourth-order valence-electron chi connectivity index (χ4n) is 8.62. The summed E-state index contributed by atoms with van der Waals surface area (Å²) in [7, 11) is 1.55. The molecule has 46 heavy (non-hydrogen) atoms. The number of carbonyl (C=O) groups is 2. The lowest BCUT2D eigenvalue weighted by atomic mass is 9.41. The van der Waals surface area contributed by atoms with Crippen LogP contribution in [0.4, 0.5) is 0 Å². The number of carbonyl (C=O) groups excluding carboxylic acids is 2. The molecule has 3 aliphatic rings. The molecule has 0 saturated heterocycles. The molecule has 8 atom stereocenters. The molecule has 0 radical (unpaired) electrons. The van der Waals surface area contributed by atoms with E-state index in [4.69, 9.17) is 23.4 Å². The number of esters is 2. The highest BCUT2D eigenvalue weighted by Crippen LogP contribution is 2.68. The highest BCUT2D eigenvalue weighted by atomic mass is 16.6. The molecule has 3 heterocycles. The minimum atomic E-state index is -1.28. The average Bonchev–Trinajstić information content (AvgIpc) is 3.03. The first kappa shape index (κ1) is 31.8. The number of fused-ring (bicyclic) bond motifs is 4. The van der Waals surface area contributed by atoms with E-state index in [1.165, 1.54) is 6.92 Å². The maximum absolute atomic E-state index is 13.7. The number of aromatic nitrogens is 1. The molecule has 6 rings (SSSR count). The van der Waals surface area contributed by atoms with E-state index in [-0.39, 0.29) is 41.5 Å². The first-order valence-electron chi connectivity index (χ1n) is 15.8. The molecule has 0 bridgehead atoms. The standard InChI is InChI=1S/C36H41NO9/c1-20-13-14-34(3)27(35(20,4)19-43-21(2)38)17-28(45-32(40)22-9-11-24(42-6)12-10-22)36(5)31(34)30(39)29-26(46-36)16-25(44-33(29)41)23-8-7-15-37-18-23/h7-12,15-16,18,20,27-28,30-31,39H,13-14,17,19H2,1-6H3/t20-,27?,28-,30-,31?,34-,35?,36+/m0/s1. The summed E-state index contributed by atoms with van der Waals surface area (Å²) in [4.78, 5) is 43.4. The van der Waals surface area contributed by atoms with Crippen molar-refractivity contribution in [2.45, 2.75) is 71.7 Å². The van der Waals surface area contributed by atoms with Gasteiger partial charge in [-0.05, 0) is 79.8 Å². The third kappa shape index (κ3) is 5.07. The van der Waals surface area contributed by atoms with E-state index in [0.29, 0.717) is 23.3 Å². The molecule has 244 valence electrons. The van der Waals surface area contributed by atoms with E-state index in [9.17, 15) is 19.5 Å². The number of ether oxygens (including phenoxy) is 4. The quantitative estimate of drug-likeness (QED) is 0.335. The van der Waals surface area contributed by atoms with Gasteiger partial charge in [0, 0.05) is 42.3 Å². The molecule has 0 spiro atoms. The Bertz CT molecular complexity index is 1690. The molecule has 0 amide bonds. The molecule has 2 fully saturated rings. The Labute approximate surface area is 268 Å². The molecule has 3 aromatic rings. The van der Waals surface area contributed by atoms with Crippen LogP contribution in [-0.2, 0) is 14.3 Å². The fourth-order valence-corrected chi connectivity index (χ4v) is 8.62. The van der Waals surface area contributed by atoms with E-state index < -0.39 is 46.2 Å². The van der Waals surface area contributed by atoms with E-state index in [1.54, 1.807) is 62.0 Å². The predicted molar refractivity (Wildman–Crippen MR) is 167 cm³/mol. The second-order valence-electron chi connectivity index (χ2n) is 13.8. The van der Waals surface area contributed by atoms with Gasteiger partial charge in [0.05, 0.1) is 25.4 Å². The predicted octanol–water partition coefficient (Wildman–Crippen LogP) is 5.76. The molecule has 2 aromatic heterocycles. The average molecular weight is 632 g/mol. The number of hydrogen-bond donors (Lipinski definition) is 1. The zero-order chi connectivity index (χ0) is 33.0. The van der Waals surface area contributed by atoms with Crippen LogP contribution in [-0.4, -0.2) is 47.5 Å². The Morgan fingerprint density at radius 2 is 1.87 bits per heavy atom. The summed E-state index contributed by atoms with van der Waals surface area (Å²) in [5.74, 6) is -0.567. The topological polar surface area (TPSA) is 134 Å². The Morgan fingerprint density at radius 3 is 2.52 bits per heavy atom. The number of hydrogen-bond acceptors (Lipinski definition) is 10. The number of rotatable bonds is 6. The van der Waals surface area contributed by atoms with Crippen LogP contribution in [0, 0.1) is 28.6 Å². The van der Waals surface area contributed by atoms with Crippen molar-refractivity contribution in [1.29, 1.82) is 0 Å². The first-order valence-corrected chi connectivity index (χ1v) is 15.8. The van der Waals surface area contributed by atoms with E-state index in [0.717, 1.165) is 12.8 Å². The number of aliphatic hydroxyl groups excluding tert-OH is 1. The van der Waals surface area contributed by atoms with Crippen LogP contribution in [0.1, 0.15) is 75.9 Å². The SMILES string of the molecule is COc1ccc(C(=O)O[C@H]2CC3C(C)(COC(C)=O)[C@@H](C)CC[C@]3(C)C3[C@@H](O)c4c(cc(-c5cccnc5)oc4=O)O[C@@]32C)cc1. The highest BCUT2D eigenvalue weighted by molar-refractivity contribution is 5.89. The summed E-state index contributed by atoms with van der Waals surface area (Å²) in [5, 5.41) is 12.3. The molecular weight excluding hydrogens is 590 g/mol. The number of aliphatic hydroxyl groups is 1. The van der Waals surface area contributed by atoms with Crippen molar-refractivity contribution in [2.24, 2.45) is 28.6 Å². The van der Waals surface area contributed by atoms with Crippen LogP contribution in [0.5, 0.6) is 11.5 Å². The van der Waals surface area contributed by atoms with E-state index >= 15 is 0 Å². The van der Waals surface area contributed by atoms with Gasteiger partial charge in [-0.1, -0.05) is 20.8 Å². The van der Waals surface area contributed by atoms with Crippen molar-refractivity contribution in [3.8, 4) is 22.8 Å². The largest absolute Gasteiger partial charge is 0.497 e. The van der Waals surface area contributed by atoms with Gasteiger partial charge in [0.15, 0.2) is 0 Å². The van der Waals surface area contributed by atoms with Gasteiger partial charge in [-0.15, -0.1) is 0 Å². The van der Waals surface area contributed by atoms with Gasteiger partial charge in [-0.2, -0.15) is 0 Å². The molecule has 1 aromatic carbocycles. The van der Waals surface area contributed by atoms with Crippen LogP contribution in [0.2, 0.25) is 0 Å². The molecular formula is C36H41NO9. The Kier molecular flexibility index (Phi) is 7.99. The Hall–Kier alpha value is -4.18. The van der Waals surface area contributed by atoms with Crippen LogP contribution in [0.25, 0.3) is 11.3 Å². The minimum absolute atomic E-state index is 0.0394. The van der Waals surface area contributed by atoms with Gasteiger partial charge in [0.1, 0.15) is 34.5 Å². The molecule has 10 heteroatoms. The van der Waals surface area contributed by atoms with Crippen molar-refractivity contribution >= 4 is 11.9 Å². The second kappa shape index (κ2) is 11.6. The van der Waals surface area contributed by atoms with Gasteiger partial charge < -0.3 is 28.5 Å². The maximum atomic E-state index is 13.7. The molecule has 2 aliphatic carbocycles. The lowest BCUT2D eigenvalue weighted by Gasteiger charge is -2.66. The van der Waals surface area contributed by atoms with Crippen LogP contribution in [0.15, 0.2) is 64.1 Å². The molecule has 10 nitrogen and oxygen atoms in total. The Morgan fingerprint density at radius 1 is 1.13 bits per heavy atom. The lowest BCUT2D eigenvalue weighted by molar-refractivity contribution is -0.257. The van der Waals surface area contributed by atoms with Crippen molar-refractivity contribution in [2.75, 3.05) is 13.7 Å². The fraction of sp³-hybridized carbons (Fsp3) is 0.500. The summed E-state index contributed by atoms with van der Waals surface area (Å²) in [5.41, 5.74) is -2.08. The molecule has 1 aliphatic heterocycles. The smallest absolute Gasteiger partial charge is 0.345 e. The highest BCUT2D eigenvalue weighted by Gasteiger charge is 2.70. The van der Waals surface area contributed by atoms with Crippen molar-refractivity contribution < 1.29 is 38.1 Å². The van der Waals surface area contributed by atoms with Gasteiger partial charge in [0.2, 0.25) is 0 Å². The van der Waals surface area contributed by atoms with Crippen molar-refractivity contribution in [3.63, 3.8) is 0 Å². The summed E-state index contributed by atoms with van der Waals surface area (Å²) >= 11 is 0. The zero-order valence-corrected chi connectivity index (χ0v) is 27.1. The number of nitrogens with zero attached hydrogens (tertiary/aromatic N) is 1. The van der Waals surface area contributed by atoms with Gasteiger partial charge in [0.25, 0.3) is 0 Å².